The summed E-state index contributed by atoms with van der Waals surface area (Å²) in [5, 5.41) is 8.89. The highest BCUT2D eigenvalue weighted by Crippen LogP contribution is 2.20. The maximum absolute atomic E-state index is 8.89. The Morgan fingerprint density at radius 1 is 1.31 bits per heavy atom. The summed E-state index contributed by atoms with van der Waals surface area (Å²) in [6.07, 6.45) is 1.79. The number of aliphatic hydroxyl groups is 1. The number of hydrogen-bond acceptors (Lipinski definition) is 3. The lowest BCUT2D eigenvalue weighted by molar-refractivity contribution is -0.0260. The monoisotopic (exact) mass is 222 g/mol. The Kier molecular flexibility index (Phi) is 4.34. The number of benzene rings is 1. The Labute approximate surface area is 96.0 Å². The van der Waals surface area contributed by atoms with Gasteiger partial charge in [0.15, 0.2) is 0 Å². The van der Waals surface area contributed by atoms with Gasteiger partial charge >= 0.3 is 0 Å². The molecule has 0 bridgehead atoms. The van der Waals surface area contributed by atoms with Crippen molar-refractivity contribution >= 4 is 0 Å². The van der Waals surface area contributed by atoms with E-state index in [9.17, 15) is 0 Å². The predicted octanol–water partition coefficient (Wildman–Crippen LogP) is 1.74. The Hall–Kier alpha value is -0.900. The van der Waals surface area contributed by atoms with Gasteiger partial charge < -0.3 is 14.6 Å². The van der Waals surface area contributed by atoms with Crippen LogP contribution in [0.1, 0.15) is 18.4 Å². The van der Waals surface area contributed by atoms with Crippen LogP contribution < -0.4 is 0 Å². The fourth-order valence-electron chi connectivity index (χ4n) is 1.99. The van der Waals surface area contributed by atoms with Gasteiger partial charge in [-0.05, 0) is 18.4 Å². The predicted molar refractivity (Wildman–Crippen MR) is 61.1 cm³/mol. The number of aliphatic hydroxyl groups excluding tert-OH is 1. The molecule has 88 valence electrons. The van der Waals surface area contributed by atoms with E-state index in [4.69, 9.17) is 14.6 Å². The van der Waals surface area contributed by atoms with E-state index >= 15 is 0 Å². The topological polar surface area (TPSA) is 38.7 Å². The van der Waals surface area contributed by atoms with Gasteiger partial charge in [-0.2, -0.15) is 0 Å². The molecule has 1 N–H and O–H groups in total. The Morgan fingerprint density at radius 3 is 2.88 bits per heavy atom. The molecule has 0 radical (unpaired) electrons. The lowest BCUT2D eigenvalue weighted by Gasteiger charge is -2.18. The zero-order chi connectivity index (χ0) is 11.2. The van der Waals surface area contributed by atoms with Gasteiger partial charge in [-0.25, -0.2) is 0 Å². The summed E-state index contributed by atoms with van der Waals surface area (Å²) in [5.41, 5.74) is 1.18. The van der Waals surface area contributed by atoms with Crippen molar-refractivity contribution in [3.05, 3.63) is 35.9 Å². The van der Waals surface area contributed by atoms with Crippen molar-refractivity contribution in [3.8, 4) is 0 Å². The molecule has 0 aromatic heterocycles. The average molecular weight is 222 g/mol. The highest BCUT2D eigenvalue weighted by molar-refractivity contribution is 5.13. The lowest BCUT2D eigenvalue weighted by atomic mass is 10.1. The van der Waals surface area contributed by atoms with Crippen molar-refractivity contribution in [1.82, 2.24) is 0 Å². The quantitative estimate of drug-likeness (QED) is 0.824. The second-order valence-corrected chi connectivity index (χ2v) is 4.05. The number of ether oxygens (including phenoxy) is 2. The van der Waals surface area contributed by atoms with E-state index in [-0.39, 0.29) is 18.8 Å². The van der Waals surface area contributed by atoms with E-state index in [1.807, 2.05) is 18.2 Å². The summed E-state index contributed by atoms with van der Waals surface area (Å²) in [4.78, 5) is 0. The van der Waals surface area contributed by atoms with Crippen LogP contribution in [-0.2, 0) is 16.1 Å². The maximum atomic E-state index is 8.89. The molecular formula is C13H18O3. The molecule has 0 aliphatic carbocycles. The molecule has 2 atom stereocenters. The van der Waals surface area contributed by atoms with Crippen molar-refractivity contribution in [2.24, 2.45) is 0 Å². The SMILES string of the molecule is OCCC1OCCC1OCc1ccccc1. The summed E-state index contributed by atoms with van der Waals surface area (Å²) in [6.45, 7) is 1.52. The summed E-state index contributed by atoms with van der Waals surface area (Å²) < 4.78 is 11.3. The van der Waals surface area contributed by atoms with E-state index in [1.54, 1.807) is 0 Å². The first-order valence-corrected chi connectivity index (χ1v) is 5.78. The van der Waals surface area contributed by atoms with Gasteiger partial charge in [-0.15, -0.1) is 0 Å². The molecule has 0 spiro atoms. The second kappa shape index (κ2) is 5.99. The van der Waals surface area contributed by atoms with E-state index < -0.39 is 0 Å². The first kappa shape index (κ1) is 11.6. The third-order valence-electron chi connectivity index (χ3n) is 2.87. The van der Waals surface area contributed by atoms with Crippen LogP contribution in [0, 0.1) is 0 Å². The van der Waals surface area contributed by atoms with Crippen LogP contribution in [0.3, 0.4) is 0 Å². The van der Waals surface area contributed by atoms with Crippen molar-refractivity contribution in [3.63, 3.8) is 0 Å². The fraction of sp³-hybridized carbons (Fsp3) is 0.538. The Bertz CT molecular complexity index is 299. The van der Waals surface area contributed by atoms with Crippen LogP contribution in [0.4, 0.5) is 0 Å². The van der Waals surface area contributed by atoms with Crippen LogP contribution in [0.25, 0.3) is 0 Å². The van der Waals surface area contributed by atoms with Crippen LogP contribution in [0.5, 0.6) is 0 Å². The summed E-state index contributed by atoms with van der Waals surface area (Å²) >= 11 is 0. The highest BCUT2D eigenvalue weighted by atomic mass is 16.6. The summed E-state index contributed by atoms with van der Waals surface area (Å²) in [5.74, 6) is 0. The molecule has 16 heavy (non-hydrogen) atoms. The van der Waals surface area contributed by atoms with E-state index in [0.29, 0.717) is 13.0 Å². The van der Waals surface area contributed by atoms with Gasteiger partial charge in [0.25, 0.3) is 0 Å². The standard InChI is InChI=1S/C13H18O3/c14-8-6-12-13(7-9-15-12)16-10-11-4-2-1-3-5-11/h1-5,12-14H,6-10H2. The molecule has 1 aliphatic rings. The molecule has 1 saturated heterocycles. The first-order valence-electron chi connectivity index (χ1n) is 5.78. The zero-order valence-electron chi connectivity index (χ0n) is 9.34. The minimum Gasteiger partial charge on any atom is -0.396 e. The molecule has 3 heteroatoms. The van der Waals surface area contributed by atoms with Crippen molar-refractivity contribution in [2.45, 2.75) is 31.7 Å². The Balaban J connectivity index is 1.81. The molecule has 2 unspecified atom stereocenters. The molecule has 2 rings (SSSR count). The number of rotatable bonds is 5. The minimum absolute atomic E-state index is 0.0636. The average Bonchev–Trinajstić information content (AvgIpc) is 2.76. The minimum atomic E-state index is 0.0636. The van der Waals surface area contributed by atoms with Gasteiger partial charge in [0.05, 0.1) is 18.8 Å². The molecule has 3 nitrogen and oxygen atoms in total. The van der Waals surface area contributed by atoms with Crippen molar-refractivity contribution in [1.29, 1.82) is 0 Å². The molecule has 1 fully saturated rings. The van der Waals surface area contributed by atoms with Gasteiger partial charge in [0.1, 0.15) is 0 Å². The summed E-state index contributed by atoms with van der Waals surface area (Å²) in [6, 6.07) is 10.1. The van der Waals surface area contributed by atoms with Crippen LogP contribution in [0.2, 0.25) is 0 Å². The summed E-state index contributed by atoms with van der Waals surface area (Å²) in [7, 11) is 0. The molecule has 0 saturated carbocycles. The first-order chi connectivity index (χ1) is 7.90. The van der Waals surface area contributed by atoms with Gasteiger partial charge in [0.2, 0.25) is 0 Å². The Morgan fingerprint density at radius 2 is 2.12 bits per heavy atom. The smallest absolute Gasteiger partial charge is 0.0864 e. The molecule has 1 heterocycles. The molecule has 1 aromatic rings. The van der Waals surface area contributed by atoms with E-state index in [2.05, 4.69) is 12.1 Å². The molecule has 0 amide bonds. The molecule has 1 aliphatic heterocycles. The van der Waals surface area contributed by atoms with Crippen LogP contribution in [-0.4, -0.2) is 30.5 Å². The van der Waals surface area contributed by atoms with Crippen LogP contribution in [0.15, 0.2) is 30.3 Å². The second-order valence-electron chi connectivity index (χ2n) is 4.05. The van der Waals surface area contributed by atoms with Gasteiger partial charge in [0, 0.05) is 13.2 Å². The largest absolute Gasteiger partial charge is 0.396 e. The normalized spacial score (nSPS) is 24.8. The molecule has 1 aromatic carbocycles. The third kappa shape index (κ3) is 3.04. The third-order valence-corrected chi connectivity index (χ3v) is 2.87. The fourth-order valence-corrected chi connectivity index (χ4v) is 1.99. The maximum Gasteiger partial charge on any atom is 0.0864 e. The van der Waals surface area contributed by atoms with Crippen molar-refractivity contribution < 1.29 is 14.6 Å². The molecular weight excluding hydrogens is 204 g/mol. The van der Waals surface area contributed by atoms with Gasteiger partial charge in [-0.3, -0.25) is 0 Å². The number of hydrogen-bond donors (Lipinski definition) is 1. The lowest BCUT2D eigenvalue weighted by Crippen LogP contribution is -2.25. The van der Waals surface area contributed by atoms with Gasteiger partial charge in [-0.1, -0.05) is 30.3 Å². The van der Waals surface area contributed by atoms with E-state index in [0.717, 1.165) is 13.0 Å². The zero-order valence-corrected chi connectivity index (χ0v) is 9.34. The van der Waals surface area contributed by atoms with Crippen molar-refractivity contribution in [2.75, 3.05) is 13.2 Å². The van der Waals surface area contributed by atoms with E-state index in [1.165, 1.54) is 5.56 Å². The van der Waals surface area contributed by atoms with Crippen LogP contribution >= 0.6 is 0 Å². The highest BCUT2D eigenvalue weighted by Gasteiger charge is 2.28.